The molecule has 4 aliphatic rings. The quantitative estimate of drug-likeness (QED) is 0.735. The first kappa shape index (κ1) is 21.9. The summed E-state index contributed by atoms with van der Waals surface area (Å²) in [5.41, 5.74) is 1.09. The van der Waals surface area contributed by atoms with Crippen LogP contribution in [0.4, 0.5) is 8.78 Å². The molecule has 0 amide bonds. The Labute approximate surface area is 185 Å². The molecule has 2 fully saturated rings. The standard InChI is InChI=1S/C23H29F2N3O4/c1-3-6-27-11-26-22-14(12(27)2)4-7-28(22)23-19(30)18(29)21(32-23)20-15-10-17(25)16(24)9-13(15)5-8-31-20/h3,6,9-12,14,18-23,29-30H,4-5,7-8H2,1-2H3/b6-3+/t12?,14?,18-,19+,20+,21-,22?,23+/m0/s1. The van der Waals surface area contributed by atoms with Crippen molar-refractivity contribution >= 4 is 6.34 Å². The summed E-state index contributed by atoms with van der Waals surface area (Å²) in [5, 5.41) is 21.7. The minimum atomic E-state index is -1.23. The van der Waals surface area contributed by atoms with Crippen LogP contribution in [0.25, 0.3) is 0 Å². The number of aliphatic imine (C=N–C) groups is 1. The smallest absolute Gasteiger partial charge is 0.159 e. The van der Waals surface area contributed by atoms with Gasteiger partial charge in [-0.1, -0.05) is 6.08 Å². The highest BCUT2D eigenvalue weighted by atomic mass is 19.2. The summed E-state index contributed by atoms with van der Waals surface area (Å²) in [6.45, 7) is 5.08. The van der Waals surface area contributed by atoms with E-state index in [2.05, 4.69) is 11.8 Å². The second-order valence-corrected chi connectivity index (χ2v) is 9.02. The minimum absolute atomic E-state index is 0.164. The van der Waals surface area contributed by atoms with Crippen LogP contribution in [0.2, 0.25) is 0 Å². The Balaban J connectivity index is 1.38. The summed E-state index contributed by atoms with van der Waals surface area (Å²) in [5.74, 6) is -1.62. The summed E-state index contributed by atoms with van der Waals surface area (Å²) >= 11 is 0. The number of nitrogens with zero attached hydrogens (tertiary/aromatic N) is 3. The first-order valence-corrected chi connectivity index (χ1v) is 11.2. The Morgan fingerprint density at radius 3 is 2.75 bits per heavy atom. The van der Waals surface area contributed by atoms with Crippen LogP contribution < -0.4 is 0 Å². The molecule has 2 N–H and O–H groups in total. The fourth-order valence-corrected chi connectivity index (χ4v) is 5.56. The molecule has 1 aromatic rings. The number of hydrogen-bond donors (Lipinski definition) is 2. The van der Waals surface area contributed by atoms with E-state index in [9.17, 15) is 19.0 Å². The maximum atomic E-state index is 14.0. The van der Waals surface area contributed by atoms with Gasteiger partial charge < -0.3 is 24.6 Å². The summed E-state index contributed by atoms with van der Waals surface area (Å²) < 4.78 is 39.7. The normalized spacial score (nSPS) is 39.6. The fraction of sp³-hybridized carbons (Fsp3) is 0.609. The highest BCUT2D eigenvalue weighted by molar-refractivity contribution is 5.59. The molecule has 4 heterocycles. The van der Waals surface area contributed by atoms with Crippen LogP contribution >= 0.6 is 0 Å². The van der Waals surface area contributed by atoms with E-state index in [1.54, 1.807) is 6.34 Å². The van der Waals surface area contributed by atoms with Crippen molar-refractivity contribution in [2.75, 3.05) is 13.2 Å². The van der Waals surface area contributed by atoms with Crippen LogP contribution in [-0.2, 0) is 15.9 Å². The van der Waals surface area contributed by atoms with E-state index in [4.69, 9.17) is 14.5 Å². The van der Waals surface area contributed by atoms with Crippen molar-refractivity contribution in [1.82, 2.24) is 9.80 Å². The number of hydrogen-bond acceptors (Lipinski definition) is 7. The summed E-state index contributed by atoms with van der Waals surface area (Å²) in [7, 11) is 0. The molecule has 0 bridgehead atoms. The second kappa shape index (κ2) is 8.46. The summed E-state index contributed by atoms with van der Waals surface area (Å²) in [6.07, 6.45) is 2.08. The Morgan fingerprint density at radius 2 is 1.97 bits per heavy atom. The van der Waals surface area contributed by atoms with Gasteiger partial charge in [-0.05, 0) is 49.9 Å². The number of allylic oxidation sites excluding steroid dienone is 1. The van der Waals surface area contributed by atoms with Crippen molar-refractivity contribution in [3.63, 3.8) is 0 Å². The van der Waals surface area contributed by atoms with E-state index in [-0.39, 0.29) is 18.1 Å². The van der Waals surface area contributed by atoms with E-state index in [0.29, 0.717) is 30.7 Å². The lowest BCUT2D eigenvalue weighted by atomic mass is 9.91. The van der Waals surface area contributed by atoms with Gasteiger partial charge in [0.15, 0.2) is 11.6 Å². The Morgan fingerprint density at radius 1 is 1.19 bits per heavy atom. The van der Waals surface area contributed by atoms with Gasteiger partial charge in [0.05, 0.1) is 12.9 Å². The van der Waals surface area contributed by atoms with Crippen molar-refractivity contribution in [3.8, 4) is 0 Å². The van der Waals surface area contributed by atoms with Gasteiger partial charge in [-0.25, -0.2) is 8.78 Å². The molecular formula is C23H29F2N3O4. The Hall–Kier alpha value is -1.91. The molecule has 4 aliphatic heterocycles. The average molecular weight is 449 g/mol. The number of benzene rings is 1. The zero-order valence-corrected chi connectivity index (χ0v) is 18.1. The number of rotatable bonds is 3. The third-order valence-electron chi connectivity index (χ3n) is 7.27. The number of likely N-dealkylation sites (tertiary alicyclic amines) is 1. The largest absolute Gasteiger partial charge is 0.387 e. The van der Waals surface area contributed by atoms with Crippen LogP contribution in [0.5, 0.6) is 0 Å². The molecule has 0 aliphatic carbocycles. The molecule has 0 radical (unpaired) electrons. The molecule has 0 spiro atoms. The molecule has 5 rings (SSSR count). The second-order valence-electron chi connectivity index (χ2n) is 9.02. The third-order valence-corrected chi connectivity index (χ3v) is 7.27. The van der Waals surface area contributed by atoms with Gasteiger partial charge in [0.2, 0.25) is 0 Å². The van der Waals surface area contributed by atoms with Gasteiger partial charge in [-0.15, -0.1) is 0 Å². The predicted molar refractivity (Wildman–Crippen MR) is 113 cm³/mol. The van der Waals surface area contributed by atoms with E-state index >= 15 is 0 Å². The molecule has 9 heteroatoms. The van der Waals surface area contributed by atoms with Gasteiger partial charge in [0.25, 0.3) is 0 Å². The van der Waals surface area contributed by atoms with Gasteiger partial charge in [-0.3, -0.25) is 9.89 Å². The number of aliphatic hydroxyl groups excluding tert-OH is 2. The molecule has 0 saturated carbocycles. The molecule has 2 saturated heterocycles. The Bertz CT molecular complexity index is 929. The summed E-state index contributed by atoms with van der Waals surface area (Å²) in [6, 6.07) is 2.53. The van der Waals surface area contributed by atoms with E-state index < -0.39 is 42.3 Å². The first-order chi connectivity index (χ1) is 15.4. The third kappa shape index (κ3) is 3.47. The van der Waals surface area contributed by atoms with E-state index in [1.165, 1.54) is 6.07 Å². The zero-order chi connectivity index (χ0) is 22.6. The number of ether oxygens (including phenoxy) is 2. The molecule has 8 atom stereocenters. The highest BCUT2D eigenvalue weighted by Crippen LogP contribution is 2.42. The first-order valence-electron chi connectivity index (χ1n) is 11.2. The molecule has 0 aromatic heterocycles. The van der Waals surface area contributed by atoms with Gasteiger partial charge in [0, 0.05) is 24.7 Å². The summed E-state index contributed by atoms with van der Waals surface area (Å²) in [4.78, 5) is 8.77. The average Bonchev–Trinajstić information content (AvgIpc) is 3.33. The number of fused-ring (bicyclic) bond motifs is 2. The molecular weight excluding hydrogens is 420 g/mol. The van der Waals surface area contributed by atoms with Gasteiger partial charge >= 0.3 is 0 Å². The van der Waals surface area contributed by atoms with Crippen molar-refractivity contribution < 1.29 is 28.5 Å². The number of halogens is 2. The van der Waals surface area contributed by atoms with E-state index in [1.807, 2.05) is 24.1 Å². The zero-order valence-electron chi connectivity index (χ0n) is 18.1. The lowest BCUT2D eigenvalue weighted by Crippen LogP contribution is -2.51. The molecule has 3 unspecified atom stereocenters. The van der Waals surface area contributed by atoms with Crippen LogP contribution in [0.3, 0.4) is 0 Å². The monoisotopic (exact) mass is 449 g/mol. The maximum Gasteiger partial charge on any atom is 0.159 e. The number of aliphatic hydroxyl groups is 2. The lowest BCUT2D eigenvalue weighted by Gasteiger charge is -2.39. The fourth-order valence-electron chi connectivity index (χ4n) is 5.56. The van der Waals surface area contributed by atoms with Crippen LogP contribution in [0.1, 0.15) is 37.5 Å². The minimum Gasteiger partial charge on any atom is -0.387 e. The Kier molecular flexibility index (Phi) is 5.79. The SMILES string of the molecule is C/C=C/N1C=NC2C(CCN2[C@@H]2O[C@H]([C@@H]3OCCc4cc(F)c(F)cc43)[C@@H](O)[C@H]2O)C1C. The predicted octanol–water partition coefficient (Wildman–Crippen LogP) is 1.94. The van der Waals surface area contributed by atoms with Gasteiger partial charge in [-0.2, -0.15) is 0 Å². The van der Waals surface area contributed by atoms with E-state index in [0.717, 1.165) is 12.5 Å². The molecule has 1 aromatic carbocycles. The van der Waals surface area contributed by atoms with Crippen LogP contribution in [-0.4, -0.2) is 76.3 Å². The van der Waals surface area contributed by atoms with Crippen molar-refractivity contribution in [2.45, 2.75) is 69.5 Å². The topological polar surface area (TPSA) is 77.8 Å². The maximum absolute atomic E-state index is 14.0. The molecule has 7 nitrogen and oxygen atoms in total. The molecule has 32 heavy (non-hydrogen) atoms. The van der Waals surface area contributed by atoms with Gasteiger partial charge in [0.1, 0.15) is 36.8 Å². The van der Waals surface area contributed by atoms with Crippen molar-refractivity contribution in [1.29, 1.82) is 0 Å². The van der Waals surface area contributed by atoms with Crippen molar-refractivity contribution in [3.05, 3.63) is 47.2 Å². The molecule has 174 valence electrons. The van der Waals surface area contributed by atoms with Crippen LogP contribution in [0, 0.1) is 17.6 Å². The van der Waals surface area contributed by atoms with Crippen molar-refractivity contribution in [2.24, 2.45) is 10.9 Å². The highest BCUT2D eigenvalue weighted by Gasteiger charge is 2.54. The lowest BCUT2D eigenvalue weighted by molar-refractivity contribution is -0.138. The van der Waals surface area contributed by atoms with Crippen LogP contribution in [0.15, 0.2) is 29.4 Å².